The quantitative estimate of drug-likeness (QED) is 0.875. The predicted molar refractivity (Wildman–Crippen MR) is 76.7 cm³/mol. The van der Waals surface area contributed by atoms with Gasteiger partial charge in [-0.2, -0.15) is 0 Å². The van der Waals surface area contributed by atoms with E-state index in [1.165, 1.54) is 0 Å². The largest absolute Gasteiger partial charge is 0.485 e. The van der Waals surface area contributed by atoms with Crippen molar-refractivity contribution < 1.29 is 19.1 Å². The lowest BCUT2D eigenvalue weighted by Crippen LogP contribution is -2.25. The highest BCUT2D eigenvalue weighted by molar-refractivity contribution is 5.97. The maximum absolute atomic E-state index is 11.4. The number of benzene rings is 2. The lowest BCUT2D eigenvalue weighted by Gasteiger charge is -2.21. The summed E-state index contributed by atoms with van der Waals surface area (Å²) in [5.74, 6) is 0.647. The first-order valence-corrected chi connectivity index (χ1v) is 6.49. The Balaban J connectivity index is 1.88. The van der Waals surface area contributed by atoms with Crippen LogP contribution in [0.15, 0.2) is 42.5 Å². The number of hydrogen-bond acceptors (Lipinski definition) is 4. The Labute approximate surface area is 121 Å². The number of nitrogens with one attached hydrogen (secondary N) is 1. The SMILES string of the molecule is O=Cc1cc2c(c(OCc3ccccc3)c1)OCC(=O)N2. The molecule has 106 valence electrons. The van der Waals surface area contributed by atoms with Crippen molar-refractivity contribution >= 4 is 17.9 Å². The summed E-state index contributed by atoms with van der Waals surface area (Å²) in [6.07, 6.45) is 0.705. The van der Waals surface area contributed by atoms with Crippen LogP contribution in [0.25, 0.3) is 0 Å². The summed E-state index contributed by atoms with van der Waals surface area (Å²) in [4.78, 5) is 22.3. The van der Waals surface area contributed by atoms with E-state index >= 15 is 0 Å². The number of carbonyl (C=O) groups excluding carboxylic acids is 2. The van der Waals surface area contributed by atoms with Crippen molar-refractivity contribution in [2.75, 3.05) is 11.9 Å². The highest BCUT2D eigenvalue weighted by atomic mass is 16.5. The highest BCUT2D eigenvalue weighted by Crippen LogP contribution is 2.38. The molecule has 0 fully saturated rings. The topological polar surface area (TPSA) is 64.6 Å². The molecule has 0 bridgehead atoms. The smallest absolute Gasteiger partial charge is 0.262 e. The van der Waals surface area contributed by atoms with Crippen LogP contribution in [0.4, 0.5) is 5.69 Å². The van der Waals surface area contributed by atoms with Crippen molar-refractivity contribution in [1.29, 1.82) is 0 Å². The minimum Gasteiger partial charge on any atom is -0.485 e. The van der Waals surface area contributed by atoms with E-state index in [4.69, 9.17) is 9.47 Å². The lowest BCUT2D eigenvalue weighted by atomic mass is 10.1. The third-order valence-electron chi connectivity index (χ3n) is 3.07. The van der Waals surface area contributed by atoms with Gasteiger partial charge in [-0.3, -0.25) is 9.59 Å². The van der Waals surface area contributed by atoms with Gasteiger partial charge in [0, 0.05) is 5.56 Å². The van der Waals surface area contributed by atoms with E-state index in [1.54, 1.807) is 12.1 Å². The standard InChI is InChI=1S/C16H13NO4/c18-8-12-6-13-16(21-10-15(19)17-13)14(7-12)20-9-11-4-2-1-3-5-11/h1-8H,9-10H2,(H,17,19). The number of rotatable bonds is 4. The number of carbonyl (C=O) groups is 2. The molecule has 5 heteroatoms. The maximum Gasteiger partial charge on any atom is 0.262 e. The summed E-state index contributed by atoms with van der Waals surface area (Å²) < 4.78 is 11.1. The molecule has 5 nitrogen and oxygen atoms in total. The van der Waals surface area contributed by atoms with Gasteiger partial charge >= 0.3 is 0 Å². The molecule has 1 aliphatic heterocycles. The van der Waals surface area contributed by atoms with Gasteiger partial charge in [0.15, 0.2) is 18.1 Å². The van der Waals surface area contributed by atoms with Crippen LogP contribution in [0.2, 0.25) is 0 Å². The molecule has 1 amide bonds. The van der Waals surface area contributed by atoms with Crippen molar-refractivity contribution in [2.45, 2.75) is 6.61 Å². The molecule has 3 rings (SSSR count). The predicted octanol–water partition coefficient (Wildman–Crippen LogP) is 2.41. The molecule has 1 heterocycles. The molecule has 0 spiro atoms. The second-order valence-electron chi connectivity index (χ2n) is 4.62. The second-order valence-corrected chi connectivity index (χ2v) is 4.62. The molecule has 21 heavy (non-hydrogen) atoms. The zero-order valence-corrected chi connectivity index (χ0v) is 11.2. The van der Waals surface area contributed by atoms with Gasteiger partial charge in [-0.15, -0.1) is 0 Å². The average Bonchev–Trinajstić information content (AvgIpc) is 2.52. The van der Waals surface area contributed by atoms with Crippen LogP contribution in [0.3, 0.4) is 0 Å². The van der Waals surface area contributed by atoms with Gasteiger partial charge in [-0.1, -0.05) is 30.3 Å². The maximum atomic E-state index is 11.4. The summed E-state index contributed by atoms with van der Waals surface area (Å²) in [6.45, 7) is 0.294. The zero-order valence-electron chi connectivity index (χ0n) is 11.2. The third-order valence-corrected chi connectivity index (χ3v) is 3.07. The van der Waals surface area contributed by atoms with Crippen molar-refractivity contribution in [2.24, 2.45) is 0 Å². The van der Waals surface area contributed by atoms with Crippen molar-refractivity contribution in [3.63, 3.8) is 0 Å². The molecule has 0 atom stereocenters. The van der Waals surface area contributed by atoms with Crippen molar-refractivity contribution in [3.05, 3.63) is 53.6 Å². The van der Waals surface area contributed by atoms with E-state index < -0.39 is 0 Å². The zero-order chi connectivity index (χ0) is 14.7. The highest BCUT2D eigenvalue weighted by Gasteiger charge is 2.21. The lowest BCUT2D eigenvalue weighted by molar-refractivity contribution is -0.118. The molecule has 0 radical (unpaired) electrons. The molecule has 0 saturated heterocycles. The van der Waals surface area contributed by atoms with Gasteiger partial charge in [0.1, 0.15) is 12.9 Å². The molecular formula is C16H13NO4. The van der Waals surface area contributed by atoms with Gasteiger partial charge in [-0.25, -0.2) is 0 Å². The minimum atomic E-state index is -0.250. The fourth-order valence-electron chi connectivity index (χ4n) is 2.10. The summed E-state index contributed by atoms with van der Waals surface area (Å²) in [7, 11) is 0. The summed E-state index contributed by atoms with van der Waals surface area (Å²) in [6, 6.07) is 12.8. The van der Waals surface area contributed by atoms with E-state index in [0.29, 0.717) is 35.6 Å². The Kier molecular flexibility index (Phi) is 3.55. The van der Waals surface area contributed by atoms with Gasteiger partial charge in [-0.05, 0) is 17.7 Å². The molecule has 1 aliphatic rings. The Morgan fingerprint density at radius 3 is 2.81 bits per heavy atom. The van der Waals surface area contributed by atoms with Gasteiger partial charge in [0.2, 0.25) is 0 Å². The molecular weight excluding hydrogens is 270 g/mol. The average molecular weight is 283 g/mol. The van der Waals surface area contributed by atoms with Crippen LogP contribution in [0.1, 0.15) is 15.9 Å². The number of amides is 1. The first-order valence-electron chi connectivity index (χ1n) is 6.49. The van der Waals surface area contributed by atoms with E-state index in [-0.39, 0.29) is 12.5 Å². The van der Waals surface area contributed by atoms with Crippen molar-refractivity contribution in [3.8, 4) is 11.5 Å². The van der Waals surface area contributed by atoms with E-state index in [2.05, 4.69) is 5.32 Å². The monoisotopic (exact) mass is 283 g/mol. The van der Waals surface area contributed by atoms with Crippen LogP contribution in [0.5, 0.6) is 11.5 Å². The van der Waals surface area contributed by atoms with Gasteiger partial charge in [0.05, 0.1) is 5.69 Å². The van der Waals surface area contributed by atoms with Crippen LogP contribution in [-0.4, -0.2) is 18.8 Å². The first-order chi connectivity index (χ1) is 10.3. The minimum absolute atomic E-state index is 0.0604. The number of hydrogen-bond donors (Lipinski definition) is 1. The molecule has 2 aromatic carbocycles. The van der Waals surface area contributed by atoms with E-state index in [1.807, 2.05) is 30.3 Å². The molecule has 2 aromatic rings. The second kappa shape index (κ2) is 5.66. The van der Waals surface area contributed by atoms with Gasteiger partial charge in [0.25, 0.3) is 5.91 Å². The third kappa shape index (κ3) is 2.86. The number of aldehydes is 1. The molecule has 0 aromatic heterocycles. The van der Waals surface area contributed by atoms with E-state index in [9.17, 15) is 9.59 Å². The van der Waals surface area contributed by atoms with Crippen LogP contribution in [0, 0.1) is 0 Å². The van der Waals surface area contributed by atoms with Crippen LogP contribution >= 0.6 is 0 Å². The van der Waals surface area contributed by atoms with Crippen LogP contribution in [-0.2, 0) is 11.4 Å². The molecule has 0 saturated carbocycles. The molecule has 0 unspecified atom stereocenters. The Morgan fingerprint density at radius 2 is 2.05 bits per heavy atom. The van der Waals surface area contributed by atoms with E-state index in [0.717, 1.165) is 5.56 Å². The Hall–Kier alpha value is -2.82. The van der Waals surface area contributed by atoms with Gasteiger partial charge < -0.3 is 14.8 Å². The normalized spacial score (nSPS) is 12.9. The first kappa shape index (κ1) is 13.2. The Bertz CT molecular complexity index is 682. The number of fused-ring (bicyclic) bond motifs is 1. The fourth-order valence-corrected chi connectivity index (χ4v) is 2.10. The summed E-state index contributed by atoms with van der Waals surface area (Å²) >= 11 is 0. The molecule has 0 aliphatic carbocycles. The summed E-state index contributed by atoms with van der Waals surface area (Å²) in [5.41, 5.74) is 1.88. The number of anilines is 1. The Morgan fingerprint density at radius 1 is 1.24 bits per heavy atom. The van der Waals surface area contributed by atoms with Crippen LogP contribution < -0.4 is 14.8 Å². The summed E-state index contributed by atoms with van der Waals surface area (Å²) in [5, 5.41) is 2.67. The molecule has 1 N–H and O–H groups in total. The fraction of sp³-hybridized carbons (Fsp3) is 0.125. The number of ether oxygens (including phenoxy) is 2. The van der Waals surface area contributed by atoms with Crippen molar-refractivity contribution in [1.82, 2.24) is 0 Å².